The Hall–Kier alpha value is -3.32. The molecule has 2 unspecified atom stereocenters. The molecule has 4 rings (SSSR count). The lowest BCUT2D eigenvalue weighted by molar-refractivity contribution is -0.135. The SMILES string of the molecule is Cc1ccc(N2C(=O)C(=O)C(C(=O)c3ccc(C(C)C)cc3)C2c2ccc(SC(C)C)cc2)nn1. The number of amides is 1. The summed E-state index contributed by atoms with van der Waals surface area (Å²) in [7, 11) is 0. The monoisotopic (exact) mass is 487 g/mol. The molecule has 0 saturated carbocycles. The van der Waals surface area contributed by atoms with Crippen LogP contribution in [-0.2, 0) is 9.59 Å². The van der Waals surface area contributed by atoms with Gasteiger partial charge in [0.2, 0.25) is 5.78 Å². The van der Waals surface area contributed by atoms with Crippen LogP contribution in [0.2, 0.25) is 0 Å². The third-order valence-corrected chi connectivity index (χ3v) is 7.09. The van der Waals surface area contributed by atoms with Crippen molar-refractivity contribution in [2.75, 3.05) is 4.90 Å². The lowest BCUT2D eigenvalue weighted by Gasteiger charge is -2.26. The van der Waals surface area contributed by atoms with E-state index in [1.165, 1.54) is 4.90 Å². The van der Waals surface area contributed by atoms with Crippen LogP contribution < -0.4 is 4.90 Å². The lowest BCUT2D eigenvalue weighted by Crippen LogP contribution is -2.31. The van der Waals surface area contributed by atoms with Gasteiger partial charge in [-0.25, -0.2) is 0 Å². The Labute approximate surface area is 210 Å². The summed E-state index contributed by atoms with van der Waals surface area (Å²) in [5.41, 5.74) is 2.91. The zero-order valence-electron chi connectivity index (χ0n) is 20.6. The van der Waals surface area contributed by atoms with Gasteiger partial charge in [-0.2, -0.15) is 5.10 Å². The second kappa shape index (κ2) is 10.1. The van der Waals surface area contributed by atoms with Crippen molar-refractivity contribution in [2.24, 2.45) is 5.92 Å². The van der Waals surface area contributed by atoms with E-state index in [-0.39, 0.29) is 11.6 Å². The van der Waals surface area contributed by atoms with E-state index < -0.39 is 23.7 Å². The van der Waals surface area contributed by atoms with Gasteiger partial charge in [-0.05, 0) is 48.2 Å². The van der Waals surface area contributed by atoms with Crippen molar-refractivity contribution in [3.8, 4) is 0 Å². The summed E-state index contributed by atoms with van der Waals surface area (Å²) in [5, 5.41) is 8.65. The number of nitrogens with zero attached hydrogens (tertiary/aromatic N) is 3. The molecule has 0 bridgehead atoms. The predicted octanol–water partition coefficient (Wildman–Crippen LogP) is 5.57. The standard InChI is InChI=1S/C28H29N3O3S/c1-16(2)19-7-9-21(10-8-19)26(32)24-25(20-11-13-22(14-12-20)35-17(3)4)31(28(34)27(24)33)23-15-6-18(5)29-30-23/h6-17,24-25H,1-5H3. The average Bonchev–Trinajstić information content (AvgIpc) is 3.10. The molecule has 2 heterocycles. The molecule has 3 aromatic rings. The van der Waals surface area contributed by atoms with Gasteiger partial charge in [0, 0.05) is 15.7 Å². The molecule has 0 aliphatic carbocycles. The summed E-state index contributed by atoms with van der Waals surface area (Å²) in [6.07, 6.45) is 0. The zero-order chi connectivity index (χ0) is 25.3. The summed E-state index contributed by atoms with van der Waals surface area (Å²) in [6, 6.07) is 17.6. The number of carbonyl (C=O) groups is 3. The van der Waals surface area contributed by atoms with Crippen LogP contribution in [0.25, 0.3) is 0 Å². The smallest absolute Gasteiger partial charge is 0.293 e. The number of rotatable bonds is 7. The summed E-state index contributed by atoms with van der Waals surface area (Å²) in [4.78, 5) is 42.6. The third kappa shape index (κ3) is 5.05. The molecule has 1 aromatic heterocycles. The molecular weight excluding hydrogens is 458 g/mol. The minimum atomic E-state index is -1.17. The van der Waals surface area contributed by atoms with E-state index in [9.17, 15) is 14.4 Å². The van der Waals surface area contributed by atoms with Gasteiger partial charge in [-0.15, -0.1) is 16.9 Å². The number of aryl methyl sites for hydroxylation is 1. The third-order valence-electron chi connectivity index (χ3n) is 6.07. The van der Waals surface area contributed by atoms with Gasteiger partial charge >= 0.3 is 0 Å². The molecule has 35 heavy (non-hydrogen) atoms. The highest BCUT2D eigenvalue weighted by molar-refractivity contribution is 7.99. The molecule has 2 atom stereocenters. The van der Waals surface area contributed by atoms with Gasteiger partial charge in [0.15, 0.2) is 11.6 Å². The molecule has 0 radical (unpaired) electrons. The van der Waals surface area contributed by atoms with E-state index in [1.54, 1.807) is 43.0 Å². The van der Waals surface area contributed by atoms with Crippen LogP contribution in [0.4, 0.5) is 5.82 Å². The molecule has 1 aliphatic rings. The van der Waals surface area contributed by atoms with Crippen molar-refractivity contribution in [2.45, 2.75) is 56.7 Å². The molecule has 7 heteroatoms. The van der Waals surface area contributed by atoms with Crippen LogP contribution in [0, 0.1) is 12.8 Å². The van der Waals surface area contributed by atoms with Gasteiger partial charge in [-0.3, -0.25) is 19.3 Å². The fourth-order valence-corrected chi connectivity index (χ4v) is 5.11. The maximum atomic E-state index is 13.7. The number of aromatic nitrogens is 2. The van der Waals surface area contributed by atoms with Gasteiger partial charge in [0.25, 0.3) is 5.91 Å². The first-order valence-electron chi connectivity index (χ1n) is 11.8. The second-order valence-corrected chi connectivity index (χ2v) is 11.0. The predicted molar refractivity (Wildman–Crippen MR) is 138 cm³/mol. The van der Waals surface area contributed by atoms with Gasteiger partial charge < -0.3 is 0 Å². The number of hydrogen-bond acceptors (Lipinski definition) is 6. The van der Waals surface area contributed by atoms with E-state index in [0.29, 0.717) is 28.0 Å². The first kappa shape index (κ1) is 24.8. The Morgan fingerprint density at radius 3 is 2.09 bits per heavy atom. The van der Waals surface area contributed by atoms with E-state index in [2.05, 4.69) is 37.9 Å². The Morgan fingerprint density at radius 1 is 0.886 bits per heavy atom. The van der Waals surface area contributed by atoms with Gasteiger partial charge in [0.1, 0.15) is 5.92 Å². The van der Waals surface area contributed by atoms with Crippen LogP contribution >= 0.6 is 11.8 Å². The molecule has 0 N–H and O–H groups in total. The number of benzene rings is 2. The Balaban J connectivity index is 1.78. The molecule has 1 amide bonds. The molecule has 1 aliphatic heterocycles. The second-order valence-electron chi connectivity index (χ2n) is 9.37. The lowest BCUT2D eigenvalue weighted by atomic mass is 9.86. The van der Waals surface area contributed by atoms with Gasteiger partial charge in [-0.1, -0.05) is 64.1 Å². The quantitative estimate of drug-likeness (QED) is 0.188. The Morgan fingerprint density at radius 2 is 1.54 bits per heavy atom. The summed E-state index contributed by atoms with van der Waals surface area (Å²) >= 11 is 1.72. The fraction of sp³-hybridized carbons (Fsp3) is 0.321. The van der Waals surface area contributed by atoms with Crippen LogP contribution in [0.15, 0.2) is 65.6 Å². The van der Waals surface area contributed by atoms with Crippen LogP contribution in [0.5, 0.6) is 0 Å². The molecule has 0 spiro atoms. The highest BCUT2D eigenvalue weighted by Gasteiger charge is 2.52. The van der Waals surface area contributed by atoms with Crippen molar-refractivity contribution in [3.05, 3.63) is 83.0 Å². The van der Waals surface area contributed by atoms with Crippen molar-refractivity contribution < 1.29 is 14.4 Å². The average molecular weight is 488 g/mol. The molecule has 180 valence electrons. The minimum Gasteiger partial charge on any atom is -0.293 e. The normalized spacial score (nSPS) is 18.1. The maximum absolute atomic E-state index is 13.7. The van der Waals surface area contributed by atoms with Crippen molar-refractivity contribution >= 4 is 35.1 Å². The topological polar surface area (TPSA) is 80.2 Å². The molecule has 1 saturated heterocycles. The number of hydrogen-bond donors (Lipinski definition) is 0. The van der Waals surface area contributed by atoms with Gasteiger partial charge in [0.05, 0.1) is 11.7 Å². The maximum Gasteiger partial charge on any atom is 0.297 e. The first-order valence-corrected chi connectivity index (χ1v) is 12.6. The number of ketones is 2. The largest absolute Gasteiger partial charge is 0.297 e. The molecular formula is C28H29N3O3S. The number of anilines is 1. The number of Topliss-reactive ketones (excluding diaryl/α,β-unsaturated/α-hetero) is 2. The Bertz CT molecular complexity index is 1240. The fourth-order valence-electron chi connectivity index (χ4n) is 4.27. The highest BCUT2D eigenvalue weighted by atomic mass is 32.2. The summed E-state index contributed by atoms with van der Waals surface area (Å²) in [5.74, 6) is -2.43. The van der Waals surface area contributed by atoms with Crippen molar-refractivity contribution in [1.29, 1.82) is 0 Å². The summed E-state index contributed by atoms with van der Waals surface area (Å²) < 4.78 is 0. The summed E-state index contributed by atoms with van der Waals surface area (Å²) in [6.45, 7) is 10.2. The van der Waals surface area contributed by atoms with Crippen LogP contribution in [0.3, 0.4) is 0 Å². The van der Waals surface area contributed by atoms with Crippen LogP contribution in [-0.4, -0.2) is 32.9 Å². The highest BCUT2D eigenvalue weighted by Crippen LogP contribution is 2.41. The van der Waals surface area contributed by atoms with Crippen LogP contribution in [0.1, 0.15) is 66.8 Å². The van der Waals surface area contributed by atoms with E-state index in [0.717, 1.165) is 10.5 Å². The zero-order valence-corrected chi connectivity index (χ0v) is 21.4. The van der Waals surface area contributed by atoms with Crippen molar-refractivity contribution in [3.63, 3.8) is 0 Å². The molecule has 6 nitrogen and oxygen atoms in total. The van der Waals surface area contributed by atoms with E-state index in [4.69, 9.17) is 0 Å². The number of thioether (sulfide) groups is 1. The molecule has 1 fully saturated rings. The number of carbonyl (C=O) groups excluding carboxylic acids is 3. The van der Waals surface area contributed by atoms with E-state index >= 15 is 0 Å². The van der Waals surface area contributed by atoms with Crippen molar-refractivity contribution in [1.82, 2.24) is 10.2 Å². The Kier molecular flexibility index (Phi) is 7.17. The van der Waals surface area contributed by atoms with E-state index in [1.807, 2.05) is 36.4 Å². The minimum absolute atomic E-state index is 0.255. The first-order chi connectivity index (χ1) is 16.7. The molecule has 2 aromatic carbocycles.